The number of anilines is 2. The van der Waals surface area contributed by atoms with E-state index in [1.807, 2.05) is 13.0 Å². The van der Waals surface area contributed by atoms with E-state index in [-0.39, 0.29) is 27.5 Å². The van der Waals surface area contributed by atoms with Gasteiger partial charge in [0.1, 0.15) is 0 Å². The van der Waals surface area contributed by atoms with Gasteiger partial charge in [-0.25, -0.2) is 12.7 Å². The van der Waals surface area contributed by atoms with E-state index in [0.717, 1.165) is 9.87 Å². The Hall–Kier alpha value is -4.60. The Balaban J connectivity index is 1.57. The fraction of sp³-hybridized carbons (Fsp3) is 0.100. The first kappa shape index (κ1) is 27.4. The topological polar surface area (TPSA) is 113 Å². The zero-order valence-electron chi connectivity index (χ0n) is 21.6. The van der Waals surface area contributed by atoms with Gasteiger partial charge in [0.2, 0.25) is 10.0 Å². The summed E-state index contributed by atoms with van der Waals surface area (Å²) in [5, 5.41) is 5.53. The van der Waals surface area contributed by atoms with Crippen molar-refractivity contribution in [1.82, 2.24) is 4.31 Å². The first-order chi connectivity index (χ1) is 18.6. The average molecular weight is 542 g/mol. The number of carbonyl (C=O) groups excluding carboxylic acids is 3. The van der Waals surface area contributed by atoms with E-state index >= 15 is 0 Å². The molecular formula is C30H27N3O5S. The number of amides is 2. The third-order valence-electron chi connectivity index (χ3n) is 6.02. The molecule has 0 saturated heterocycles. The van der Waals surface area contributed by atoms with E-state index in [9.17, 15) is 22.8 Å². The van der Waals surface area contributed by atoms with Crippen LogP contribution in [0.25, 0.3) is 0 Å². The summed E-state index contributed by atoms with van der Waals surface area (Å²) in [7, 11) is -0.780. The molecule has 2 amide bonds. The van der Waals surface area contributed by atoms with Gasteiger partial charge in [-0.05, 0) is 55.5 Å². The fourth-order valence-corrected chi connectivity index (χ4v) is 4.76. The molecule has 2 N–H and O–H groups in total. The average Bonchev–Trinajstić information content (AvgIpc) is 2.94. The van der Waals surface area contributed by atoms with Crippen LogP contribution in [0.1, 0.15) is 42.2 Å². The molecule has 0 heterocycles. The number of hydrogen-bond donors (Lipinski definition) is 2. The number of carbonyl (C=O) groups is 3. The second-order valence-corrected chi connectivity index (χ2v) is 11.2. The van der Waals surface area contributed by atoms with Crippen molar-refractivity contribution in [2.45, 2.75) is 11.8 Å². The van der Waals surface area contributed by atoms with E-state index < -0.39 is 21.8 Å². The molecule has 198 valence electrons. The largest absolute Gasteiger partial charge is 0.321 e. The maximum atomic E-state index is 13.3. The predicted molar refractivity (Wildman–Crippen MR) is 151 cm³/mol. The number of nitrogens with one attached hydrogen (secondary N) is 2. The highest BCUT2D eigenvalue weighted by Crippen LogP contribution is 2.24. The number of sulfonamides is 1. The van der Waals surface area contributed by atoms with Gasteiger partial charge in [-0.1, -0.05) is 54.1 Å². The number of benzene rings is 4. The molecule has 8 nitrogen and oxygen atoms in total. The lowest BCUT2D eigenvalue weighted by atomic mass is 9.99. The van der Waals surface area contributed by atoms with Crippen LogP contribution in [-0.2, 0) is 10.0 Å². The first-order valence-electron chi connectivity index (χ1n) is 12.0. The molecular weight excluding hydrogens is 514 g/mol. The van der Waals surface area contributed by atoms with Crippen LogP contribution in [0.15, 0.2) is 102 Å². The Kier molecular flexibility index (Phi) is 8.04. The molecule has 4 rings (SSSR count). The van der Waals surface area contributed by atoms with Crippen LogP contribution in [0.2, 0.25) is 0 Å². The van der Waals surface area contributed by atoms with Gasteiger partial charge in [-0.15, -0.1) is 0 Å². The Morgan fingerprint density at radius 1 is 0.641 bits per heavy atom. The summed E-state index contributed by atoms with van der Waals surface area (Å²) in [6, 6.07) is 26.0. The van der Waals surface area contributed by atoms with Crippen LogP contribution >= 0.6 is 0 Å². The van der Waals surface area contributed by atoms with Gasteiger partial charge in [0, 0.05) is 30.8 Å². The lowest BCUT2D eigenvalue weighted by molar-refractivity contribution is 0.102. The Labute approximate surface area is 227 Å². The van der Waals surface area contributed by atoms with Crippen molar-refractivity contribution in [3.63, 3.8) is 0 Å². The van der Waals surface area contributed by atoms with Gasteiger partial charge in [0.15, 0.2) is 5.78 Å². The number of hydrogen-bond acceptors (Lipinski definition) is 5. The minimum Gasteiger partial charge on any atom is -0.321 e. The minimum atomic E-state index is -3.63. The summed E-state index contributed by atoms with van der Waals surface area (Å²) in [5.74, 6) is -1.25. The van der Waals surface area contributed by atoms with E-state index in [1.165, 1.54) is 38.4 Å². The van der Waals surface area contributed by atoms with Gasteiger partial charge in [-0.3, -0.25) is 14.4 Å². The van der Waals surface area contributed by atoms with Crippen LogP contribution in [0.4, 0.5) is 11.4 Å². The van der Waals surface area contributed by atoms with Crippen molar-refractivity contribution >= 4 is 39.0 Å². The van der Waals surface area contributed by atoms with Crippen LogP contribution < -0.4 is 10.6 Å². The van der Waals surface area contributed by atoms with Gasteiger partial charge >= 0.3 is 0 Å². The van der Waals surface area contributed by atoms with Gasteiger partial charge in [-0.2, -0.15) is 0 Å². The van der Waals surface area contributed by atoms with Crippen molar-refractivity contribution in [3.05, 3.63) is 125 Å². The van der Waals surface area contributed by atoms with E-state index in [4.69, 9.17) is 0 Å². The summed E-state index contributed by atoms with van der Waals surface area (Å²) < 4.78 is 25.7. The molecule has 0 fully saturated rings. The number of para-hydroxylation sites is 1. The number of aryl methyl sites for hydroxylation is 1. The molecule has 0 aromatic heterocycles. The second-order valence-electron chi connectivity index (χ2n) is 9.01. The van der Waals surface area contributed by atoms with Crippen molar-refractivity contribution in [2.75, 3.05) is 24.7 Å². The second kappa shape index (κ2) is 11.4. The molecule has 0 atom stereocenters. The lowest BCUT2D eigenvalue weighted by Crippen LogP contribution is -2.22. The van der Waals surface area contributed by atoms with Crippen LogP contribution in [0.3, 0.4) is 0 Å². The third kappa shape index (κ3) is 6.11. The maximum absolute atomic E-state index is 13.3. The number of rotatable bonds is 8. The fourth-order valence-electron chi connectivity index (χ4n) is 3.86. The van der Waals surface area contributed by atoms with Gasteiger partial charge in [0.25, 0.3) is 11.8 Å². The summed E-state index contributed by atoms with van der Waals surface area (Å²) in [4.78, 5) is 39.5. The van der Waals surface area contributed by atoms with E-state index in [0.29, 0.717) is 16.8 Å². The Bertz CT molecular complexity index is 1650. The smallest absolute Gasteiger partial charge is 0.257 e. The van der Waals surface area contributed by atoms with Crippen molar-refractivity contribution in [1.29, 1.82) is 0 Å². The van der Waals surface area contributed by atoms with Crippen molar-refractivity contribution in [2.24, 2.45) is 0 Å². The summed E-state index contributed by atoms with van der Waals surface area (Å²) in [6.07, 6.45) is 0. The highest BCUT2D eigenvalue weighted by molar-refractivity contribution is 7.89. The quantitative estimate of drug-likeness (QED) is 0.306. The molecule has 4 aromatic rings. The highest BCUT2D eigenvalue weighted by Gasteiger charge is 2.20. The summed E-state index contributed by atoms with van der Waals surface area (Å²) in [5.41, 5.74) is 2.73. The van der Waals surface area contributed by atoms with Gasteiger partial charge in [0.05, 0.1) is 21.8 Å². The molecule has 0 aliphatic heterocycles. The van der Waals surface area contributed by atoms with E-state index in [1.54, 1.807) is 66.7 Å². The normalized spacial score (nSPS) is 11.2. The molecule has 0 aliphatic rings. The molecule has 0 bridgehead atoms. The maximum Gasteiger partial charge on any atom is 0.257 e. The molecule has 0 unspecified atom stereocenters. The molecule has 9 heteroatoms. The van der Waals surface area contributed by atoms with Crippen LogP contribution in [-0.4, -0.2) is 44.4 Å². The molecule has 4 aromatic carbocycles. The Morgan fingerprint density at radius 3 is 1.90 bits per heavy atom. The summed E-state index contributed by atoms with van der Waals surface area (Å²) >= 11 is 0. The monoisotopic (exact) mass is 541 g/mol. The zero-order chi connectivity index (χ0) is 28.2. The molecule has 0 saturated carbocycles. The molecule has 0 radical (unpaired) electrons. The standard InChI is InChI=1S/C30H27N3O5S/c1-20-13-18-27(25(19-20)28(34)21-9-5-4-6-10-21)32-30(36)24-11-7-8-12-26(24)31-29(35)22-14-16-23(17-15-22)39(37,38)33(2)3/h4-19H,1-3H3,(H,31,35)(H,32,36). The lowest BCUT2D eigenvalue weighted by Gasteiger charge is -2.15. The predicted octanol–water partition coefficient (Wildman–Crippen LogP) is 4.98. The minimum absolute atomic E-state index is 0.0581. The molecule has 39 heavy (non-hydrogen) atoms. The van der Waals surface area contributed by atoms with Crippen molar-refractivity contribution in [3.8, 4) is 0 Å². The van der Waals surface area contributed by atoms with Gasteiger partial charge < -0.3 is 10.6 Å². The van der Waals surface area contributed by atoms with Crippen molar-refractivity contribution < 1.29 is 22.8 Å². The highest BCUT2D eigenvalue weighted by atomic mass is 32.2. The Morgan fingerprint density at radius 2 is 1.23 bits per heavy atom. The van der Waals surface area contributed by atoms with E-state index in [2.05, 4.69) is 10.6 Å². The molecule has 0 aliphatic carbocycles. The summed E-state index contributed by atoms with van der Waals surface area (Å²) in [6.45, 7) is 1.86. The number of ketones is 1. The van der Waals surface area contributed by atoms with Crippen LogP contribution in [0, 0.1) is 6.92 Å². The first-order valence-corrected chi connectivity index (χ1v) is 13.5. The molecule has 0 spiro atoms. The zero-order valence-corrected chi connectivity index (χ0v) is 22.5. The number of nitrogens with zero attached hydrogens (tertiary/aromatic N) is 1. The third-order valence-corrected chi connectivity index (χ3v) is 7.85. The van der Waals surface area contributed by atoms with Crippen LogP contribution in [0.5, 0.6) is 0 Å². The SMILES string of the molecule is Cc1ccc(NC(=O)c2ccccc2NC(=O)c2ccc(S(=O)(=O)N(C)C)cc2)c(C(=O)c2ccccc2)c1.